The van der Waals surface area contributed by atoms with Crippen LogP contribution < -0.4 is 5.73 Å². The van der Waals surface area contributed by atoms with Gasteiger partial charge in [0.25, 0.3) is 0 Å². The van der Waals surface area contributed by atoms with Crippen molar-refractivity contribution in [1.29, 1.82) is 0 Å². The largest absolute Gasteiger partial charge is 0.361 e. The molecule has 19 heavy (non-hydrogen) atoms. The van der Waals surface area contributed by atoms with Crippen LogP contribution in [0.1, 0.15) is 17.0 Å². The van der Waals surface area contributed by atoms with Crippen LogP contribution in [0.25, 0.3) is 10.9 Å². The Bertz CT molecular complexity index is 658. The van der Waals surface area contributed by atoms with Crippen LogP contribution in [0.2, 0.25) is 0 Å². The molecule has 0 aliphatic carbocycles. The Morgan fingerprint density at radius 1 is 1.11 bits per heavy atom. The fraction of sp³-hybridized carbons (Fsp3) is 0.188. The van der Waals surface area contributed by atoms with Crippen LogP contribution in [0.15, 0.2) is 55.0 Å². The Morgan fingerprint density at radius 2 is 1.89 bits per heavy atom. The van der Waals surface area contributed by atoms with Crippen LogP contribution >= 0.6 is 0 Å². The van der Waals surface area contributed by atoms with Gasteiger partial charge in [0, 0.05) is 35.4 Å². The third kappa shape index (κ3) is 2.37. The summed E-state index contributed by atoms with van der Waals surface area (Å²) >= 11 is 0. The minimum absolute atomic E-state index is 0.332. The lowest BCUT2D eigenvalue weighted by atomic mass is 9.92. The minimum Gasteiger partial charge on any atom is -0.361 e. The van der Waals surface area contributed by atoms with Crippen molar-refractivity contribution in [1.82, 2.24) is 9.97 Å². The van der Waals surface area contributed by atoms with E-state index >= 15 is 0 Å². The molecular weight excluding hydrogens is 234 g/mol. The van der Waals surface area contributed by atoms with E-state index in [1.807, 2.05) is 18.5 Å². The summed E-state index contributed by atoms with van der Waals surface area (Å²) in [5, 5.41) is 1.27. The van der Waals surface area contributed by atoms with Crippen LogP contribution in [-0.4, -0.2) is 16.5 Å². The molecule has 1 atom stereocenters. The van der Waals surface area contributed by atoms with Gasteiger partial charge >= 0.3 is 0 Å². The molecule has 3 aromatic rings. The molecule has 96 valence electrons. The number of pyridine rings is 1. The number of hydrogen-bond donors (Lipinski definition) is 2. The second-order valence-electron chi connectivity index (χ2n) is 4.78. The number of fused-ring (bicyclic) bond motifs is 1. The highest BCUT2D eigenvalue weighted by atomic mass is 14.7. The van der Waals surface area contributed by atoms with E-state index in [9.17, 15) is 0 Å². The molecule has 0 bridgehead atoms. The number of aromatic nitrogens is 2. The summed E-state index contributed by atoms with van der Waals surface area (Å²) in [7, 11) is 0. The number of nitrogens with one attached hydrogen (secondary N) is 1. The number of hydrogen-bond acceptors (Lipinski definition) is 2. The Hall–Kier alpha value is -2.13. The molecule has 0 fully saturated rings. The van der Waals surface area contributed by atoms with Crippen LogP contribution in [-0.2, 0) is 6.42 Å². The molecule has 3 N–H and O–H groups in total. The van der Waals surface area contributed by atoms with E-state index in [0.29, 0.717) is 12.5 Å². The van der Waals surface area contributed by atoms with Gasteiger partial charge in [-0.3, -0.25) is 4.98 Å². The second-order valence-corrected chi connectivity index (χ2v) is 4.78. The number of aromatic amines is 1. The van der Waals surface area contributed by atoms with Gasteiger partial charge in [0.15, 0.2) is 0 Å². The molecule has 0 aliphatic rings. The molecule has 0 spiro atoms. The molecule has 3 heteroatoms. The molecule has 1 aromatic carbocycles. The van der Waals surface area contributed by atoms with Crippen LogP contribution in [0, 0.1) is 0 Å². The van der Waals surface area contributed by atoms with E-state index in [-0.39, 0.29) is 0 Å². The van der Waals surface area contributed by atoms with Crippen molar-refractivity contribution in [3.8, 4) is 0 Å². The van der Waals surface area contributed by atoms with Crippen molar-refractivity contribution in [2.45, 2.75) is 12.3 Å². The maximum atomic E-state index is 5.97. The van der Waals surface area contributed by atoms with Gasteiger partial charge in [-0.1, -0.05) is 18.2 Å². The number of nitrogens with two attached hydrogens (primary N) is 1. The number of nitrogens with zero attached hydrogens (tertiary/aromatic N) is 1. The Labute approximate surface area is 112 Å². The van der Waals surface area contributed by atoms with Gasteiger partial charge in [-0.05, 0) is 42.3 Å². The van der Waals surface area contributed by atoms with Gasteiger partial charge < -0.3 is 10.7 Å². The quantitative estimate of drug-likeness (QED) is 0.749. The fourth-order valence-corrected chi connectivity index (χ4v) is 2.56. The molecule has 0 saturated carbocycles. The van der Waals surface area contributed by atoms with Crippen LogP contribution in [0.4, 0.5) is 0 Å². The molecule has 0 aliphatic heterocycles. The maximum absolute atomic E-state index is 5.97. The fourth-order valence-electron chi connectivity index (χ4n) is 2.56. The summed E-state index contributed by atoms with van der Waals surface area (Å²) in [6.45, 7) is 0.643. The summed E-state index contributed by atoms with van der Waals surface area (Å²) in [5.74, 6) is 0.332. The Balaban J connectivity index is 1.94. The van der Waals surface area contributed by atoms with Crippen LogP contribution in [0.3, 0.4) is 0 Å². The monoisotopic (exact) mass is 251 g/mol. The van der Waals surface area contributed by atoms with E-state index in [2.05, 4.69) is 46.5 Å². The van der Waals surface area contributed by atoms with E-state index in [1.165, 1.54) is 22.0 Å². The third-order valence-corrected chi connectivity index (χ3v) is 3.58. The molecule has 3 rings (SSSR count). The smallest absolute Gasteiger partial charge is 0.0456 e. The summed E-state index contributed by atoms with van der Waals surface area (Å²) in [6.07, 6.45) is 6.69. The zero-order chi connectivity index (χ0) is 13.1. The third-order valence-electron chi connectivity index (χ3n) is 3.58. The van der Waals surface area contributed by atoms with Gasteiger partial charge in [0.05, 0.1) is 0 Å². The highest BCUT2D eigenvalue weighted by Crippen LogP contribution is 2.27. The molecule has 2 heterocycles. The second kappa shape index (κ2) is 5.24. The predicted octanol–water partition coefficient (Wildman–Crippen LogP) is 2.85. The highest BCUT2D eigenvalue weighted by molar-refractivity contribution is 5.83. The summed E-state index contributed by atoms with van der Waals surface area (Å²) in [5.41, 5.74) is 9.72. The van der Waals surface area contributed by atoms with Gasteiger partial charge in [0.2, 0.25) is 0 Å². The lowest BCUT2D eigenvalue weighted by molar-refractivity contribution is 0.699. The van der Waals surface area contributed by atoms with Gasteiger partial charge in [0.1, 0.15) is 0 Å². The lowest BCUT2D eigenvalue weighted by Crippen LogP contribution is -2.14. The summed E-state index contributed by atoms with van der Waals surface area (Å²) < 4.78 is 0. The number of para-hydroxylation sites is 1. The van der Waals surface area contributed by atoms with Crippen molar-refractivity contribution >= 4 is 10.9 Å². The Kier molecular flexibility index (Phi) is 3.29. The average molecular weight is 251 g/mol. The van der Waals surface area contributed by atoms with E-state index < -0.39 is 0 Å². The van der Waals surface area contributed by atoms with Gasteiger partial charge in [-0.25, -0.2) is 0 Å². The average Bonchev–Trinajstić information content (AvgIpc) is 2.90. The zero-order valence-electron chi connectivity index (χ0n) is 10.7. The minimum atomic E-state index is 0.332. The van der Waals surface area contributed by atoms with E-state index in [1.54, 1.807) is 0 Å². The first kappa shape index (κ1) is 11.9. The number of H-pyrrole nitrogens is 1. The lowest BCUT2D eigenvalue weighted by Gasteiger charge is -2.14. The first-order valence-corrected chi connectivity index (χ1v) is 6.53. The molecule has 0 saturated heterocycles. The topological polar surface area (TPSA) is 54.7 Å². The maximum Gasteiger partial charge on any atom is 0.0456 e. The van der Waals surface area contributed by atoms with Crippen molar-refractivity contribution in [3.05, 3.63) is 66.1 Å². The van der Waals surface area contributed by atoms with Crippen molar-refractivity contribution in [2.24, 2.45) is 5.73 Å². The summed E-state index contributed by atoms with van der Waals surface area (Å²) in [6, 6.07) is 12.5. The Morgan fingerprint density at radius 3 is 2.68 bits per heavy atom. The number of rotatable bonds is 4. The van der Waals surface area contributed by atoms with E-state index in [0.717, 1.165) is 6.42 Å². The molecule has 0 amide bonds. The molecule has 2 aromatic heterocycles. The molecule has 1 unspecified atom stereocenters. The number of benzene rings is 1. The van der Waals surface area contributed by atoms with Gasteiger partial charge in [-0.15, -0.1) is 0 Å². The predicted molar refractivity (Wildman–Crippen MR) is 78.0 cm³/mol. The zero-order valence-corrected chi connectivity index (χ0v) is 10.7. The standard InChI is InChI=1S/C16H17N3/c17-10-13(9-12-5-7-18-8-6-12)15-11-19-16-4-2-1-3-14(15)16/h1-8,11,13,19H,9-10,17H2. The van der Waals surface area contributed by atoms with Crippen molar-refractivity contribution in [3.63, 3.8) is 0 Å². The van der Waals surface area contributed by atoms with Crippen LogP contribution in [0.5, 0.6) is 0 Å². The normalized spacial score (nSPS) is 12.7. The molecular formula is C16H17N3. The van der Waals surface area contributed by atoms with Gasteiger partial charge in [-0.2, -0.15) is 0 Å². The van der Waals surface area contributed by atoms with E-state index in [4.69, 9.17) is 5.73 Å². The highest BCUT2D eigenvalue weighted by Gasteiger charge is 2.14. The molecule has 3 nitrogen and oxygen atoms in total. The van der Waals surface area contributed by atoms with Crippen molar-refractivity contribution < 1.29 is 0 Å². The summed E-state index contributed by atoms with van der Waals surface area (Å²) in [4.78, 5) is 7.37. The SMILES string of the molecule is NCC(Cc1ccncc1)c1c[nH]c2ccccc12. The first-order chi connectivity index (χ1) is 9.38. The first-order valence-electron chi connectivity index (χ1n) is 6.53. The molecule has 0 radical (unpaired) electrons. The van der Waals surface area contributed by atoms with Crippen molar-refractivity contribution in [2.75, 3.05) is 6.54 Å².